The van der Waals surface area contributed by atoms with Crippen LogP contribution < -0.4 is 9.46 Å². The highest BCUT2D eigenvalue weighted by molar-refractivity contribution is 7.88. The van der Waals surface area contributed by atoms with Gasteiger partial charge in [-0.25, -0.2) is 13.1 Å². The maximum atomic E-state index is 12.3. The summed E-state index contributed by atoms with van der Waals surface area (Å²) in [5.74, 6) is 0.508. The van der Waals surface area contributed by atoms with Crippen LogP contribution >= 0.6 is 11.6 Å². The number of ether oxygens (including phenoxy) is 2. The van der Waals surface area contributed by atoms with Gasteiger partial charge in [0.05, 0.1) is 19.0 Å². The highest BCUT2D eigenvalue weighted by Gasteiger charge is 2.19. The van der Waals surface area contributed by atoms with E-state index in [1.165, 1.54) is 7.11 Å². The molecule has 2 aromatic carbocycles. The van der Waals surface area contributed by atoms with E-state index < -0.39 is 16.1 Å². The standard InChI is InChI=1S/C17H20ClNO4S/c1-22-16-9-4-3-8-15(16)17(23-2)11-19-24(20,21)12-13-6-5-7-14(18)10-13/h3-10,17,19H,11-12H2,1-2H3. The molecule has 1 N–H and O–H groups in total. The molecular weight excluding hydrogens is 350 g/mol. The van der Waals surface area contributed by atoms with Crippen molar-refractivity contribution < 1.29 is 17.9 Å². The van der Waals surface area contributed by atoms with Crippen molar-refractivity contribution in [3.05, 3.63) is 64.7 Å². The molecule has 0 aliphatic heterocycles. The molecule has 0 amide bonds. The Morgan fingerprint density at radius 1 is 1.12 bits per heavy atom. The first kappa shape index (κ1) is 18.7. The second kappa shape index (κ2) is 8.48. The zero-order valence-electron chi connectivity index (χ0n) is 13.5. The second-order valence-corrected chi connectivity index (χ2v) is 7.45. The Kier molecular flexibility index (Phi) is 6.62. The fraction of sp³-hybridized carbons (Fsp3) is 0.294. The molecule has 0 fully saturated rings. The molecule has 0 saturated carbocycles. The molecule has 5 nitrogen and oxygen atoms in total. The van der Waals surface area contributed by atoms with E-state index in [2.05, 4.69) is 4.72 Å². The molecule has 0 aromatic heterocycles. The summed E-state index contributed by atoms with van der Waals surface area (Å²) in [6.45, 7) is 0.111. The summed E-state index contributed by atoms with van der Waals surface area (Å²) >= 11 is 5.89. The van der Waals surface area contributed by atoms with E-state index in [1.54, 1.807) is 31.4 Å². The van der Waals surface area contributed by atoms with Gasteiger partial charge in [-0.1, -0.05) is 41.9 Å². The van der Waals surface area contributed by atoms with Gasteiger partial charge >= 0.3 is 0 Å². The fourth-order valence-electron chi connectivity index (χ4n) is 2.35. The van der Waals surface area contributed by atoms with Crippen molar-refractivity contribution in [3.63, 3.8) is 0 Å². The lowest BCUT2D eigenvalue weighted by atomic mass is 10.1. The minimum atomic E-state index is -3.51. The van der Waals surface area contributed by atoms with Gasteiger partial charge in [-0.2, -0.15) is 0 Å². The minimum Gasteiger partial charge on any atom is -0.496 e. The van der Waals surface area contributed by atoms with Crippen molar-refractivity contribution in [2.24, 2.45) is 0 Å². The molecule has 7 heteroatoms. The van der Waals surface area contributed by atoms with Crippen LogP contribution in [-0.4, -0.2) is 29.2 Å². The van der Waals surface area contributed by atoms with Crippen molar-refractivity contribution >= 4 is 21.6 Å². The summed E-state index contributed by atoms with van der Waals surface area (Å²) in [5.41, 5.74) is 1.41. The van der Waals surface area contributed by atoms with Crippen LogP contribution in [0.3, 0.4) is 0 Å². The van der Waals surface area contributed by atoms with Gasteiger partial charge < -0.3 is 9.47 Å². The molecule has 2 aromatic rings. The lowest BCUT2D eigenvalue weighted by molar-refractivity contribution is 0.105. The zero-order valence-corrected chi connectivity index (χ0v) is 15.1. The van der Waals surface area contributed by atoms with E-state index in [0.717, 1.165) is 5.56 Å². The van der Waals surface area contributed by atoms with Gasteiger partial charge in [0.1, 0.15) is 5.75 Å². The molecule has 1 atom stereocenters. The number of sulfonamides is 1. The molecule has 24 heavy (non-hydrogen) atoms. The van der Waals surface area contributed by atoms with E-state index in [-0.39, 0.29) is 12.3 Å². The Bertz CT molecular complexity index is 780. The Morgan fingerprint density at radius 2 is 1.88 bits per heavy atom. The van der Waals surface area contributed by atoms with Gasteiger partial charge in [0.25, 0.3) is 0 Å². The first-order valence-electron chi connectivity index (χ1n) is 7.32. The number of benzene rings is 2. The number of methoxy groups -OCH3 is 2. The summed E-state index contributed by atoms with van der Waals surface area (Å²) in [6, 6.07) is 14.1. The van der Waals surface area contributed by atoms with Crippen LogP contribution in [0.4, 0.5) is 0 Å². The van der Waals surface area contributed by atoms with Gasteiger partial charge in [-0.3, -0.25) is 0 Å². The zero-order chi connectivity index (χ0) is 17.6. The number of para-hydroxylation sites is 1. The molecule has 2 rings (SSSR count). The Hall–Kier alpha value is -1.60. The molecular formula is C17H20ClNO4S. The number of hydrogen-bond donors (Lipinski definition) is 1. The number of nitrogens with one attached hydrogen (secondary N) is 1. The molecule has 0 aliphatic rings. The van der Waals surface area contributed by atoms with Crippen LogP contribution in [0, 0.1) is 0 Å². The Labute approximate surface area is 147 Å². The van der Waals surface area contributed by atoms with E-state index in [4.69, 9.17) is 21.1 Å². The topological polar surface area (TPSA) is 64.6 Å². The Morgan fingerprint density at radius 3 is 2.54 bits per heavy atom. The third-order valence-electron chi connectivity index (χ3n) is 3.50. The number of halogens is 1. The largest absolute Gasteiger partial charge is 0.496 e. The summed E-state index contributed by atoms with van der Waals surface area (Å²) in [4.78, 5) is 0. The second-order valence-electron chi connectivity index (χ2n) is 5.20. The minimum absolute atomic E-state index is 0.111. The molecule has 1 unspecified atom stereocenters. The van der Waals surface area contributed by atoms with Crippen LogP contribution in [0.25, 0.3) is 0 Å². The predicted molar refractivity (Wildman–Crippen MR) is 94.8 cm³/mol. The van der Waals surface area contributed by atoms with E-state index in [9.17, 15) is 8.42 Å². The maximum absolute atomic E-state index is 12.3. The van der Waals surface area contributed by atoms with Crippen molar-refractivity contribution in [1.29, 1.82) is 0 Å². The van der Waals surface area contributed by atoms with E-state index in [1.807, 2.05) is 24.3 Å². The third-order valence-corrected chi connectivity index (χ3v) is 5.06. The van der Waals surface area contributed by atoms with Gasteiger partial charge in [0.2, 0.25) is 10.0 Å². The first-order chi connectivity index (χ1) is 11.4. The smallest absolute Gasteiger partial charge is 0.215 e. The molecule has 0 radical (unpaired) electrons. The lowest BCUT2D eigenvalue weighted by Crippen LogP contribution is -2.30. The lowest BCUT2D eigenvalue weighted by Gasteiger charge is -2.19. The fourth-order valence-corrected chi connectivity index (χ4v) is 3.69. The highest BCUT2D eigenvalue weighted by Crippen LogP contribution is 2.26. The summed E-state index contributed by atoms with van der Waals surface area (Å²) in [6.07, 6.45) is -0.449. The van der Waals surface area contributed by atoms with Crippen molar-refractivity contribution in [1.82, 2.24) is 4.72 Å². The number of rotatable bonds is 8. The van der Waals surface area contributed by atoms with Crippen molar-refractivity contribution in [2.75, 3.05) is 20.8 Å². The van der Waals surface area contributed by atoms with Crippen LogP contribution in [0.5, 0.6) is 5.75 Å². The first-order valence-corrected chi connectivity index (χ1v) is 9.35. The molecule has 0 heterocycles. The van der Waals surface area contributed by atoms with Crippen LogP contribution in [0.1, 0.15) is 17.2 Å². The monoisotopic (exact) mass is 369 g/mol. The summed E-state index contributed by atoms with van der Waals surface area (Å²) in [7, 11) is -0.419. The highest BCUT2D eigenvalue weighted by atomic mass is 35.5. The Balaban J connectivity index is 2.06. The normalized spacial score (nSPS) is 12.8. The predicted octanol–water partition coefficient (Wildman–Crippen LogP) is 3.16. The van der Waals surface area contributed by atoms with Crippen LogP contribution in [0.2, 0.25) is 5.02 Å². The molecule has 0 aliphatic carbocycles. The van der Waals surface area contributed by atoms with Gasteiger partial charge in [-0.15, -0.1) is 0 Å². The molecule has 130 valence electrons. The molecule has 0 spiro atoms. The van der Waals surface area contributed by atoms with Gasteiger partial charge in [0.15, 0.2) is 0 Å². The average molecular weight is 370 g/mol. The van der Waals surface area contributed by atoms with Crippen LogP contribution in [0.15, 0.2) is 48.5 Å². The van der Waals surface area contributed by atoms with Crippen molar-refractivity contribution in [3.8, 4) is 5.75 Å². The molecule has 0 bridgehead atoms. The third kappa shape index (κ3) is 5.21. The SMILES string of the molecule is COc1ccccc1C(CNS(=O)(=O)Cc1cccc(Cl)c1)OC. The van der Waals surface area contributed by atoms with Gasteiger partial charge in [-0.05, 0) is 23.8 Å². The summed E-state index contributed by atoms with van der Waals surface area (Å²) < 4.78 is 37.8. The molecule has 0 saturated heterocycles. The quantitative estimate of drug-likeness (QED) is 0.776. The average Bonchev–Trinajstić information content (AvgIpc) is 2.55. The number of hydrogen-bond acceptors (Lipinski definition) is 4. The van der Waals surface area contributed by atoms with Crippen molar-refractivity contribution in [2.45, 2.75) is 11.9 Å². The van der Waals surface area contributed by atoms with E-state index in [0.29, 0.717) is 16.3 Å². The van der Waals surface area contributed by atoms with E-state index >= 15 is 0 Å². The van der Waals surface area contributed by atoms with Gasteiger partial charge in [0, 0.05) is 24.2 Å². The summed E-state index contributed by atoms with van der Waals surface area (Å²) in [5, 5.41) is 0.506. The maximum Gasteiger partial charge on any atom is 0.215 e. The van der Waals surface area contributed by atoms with Crippen LogP contribution in [-0.2, 0) is 20.5 Å².